The van der Waals surface area contributed by atoms with Crippen LogP contribution in [0.3, 0.4) is 0 Å². The Hall–Kier alpha value is -2.54. The van der Waals surface area contributed by atoms with E-state index < -0.39 is 0 Å². The molecule has 1 aromatic carbocycles. The third-order valence-electron chi connectivity index (χ3n) is 5.36. The summed E-state index contributed by atoms with van der Waals surface area (Å²) in [5.41, 5.74) is 2.11. The molecule has 1 fully saturated rings. The predicted molar refractivity (Wildman–Crippen MR) is 103 cm³/mol. The van der Waals surface area contributed by atoms with E-state index in [-0.39, 0.29) is 17.5 Å². The number of hydrogen-bond acceptors (Lipinski definition) is 5. The minimum atomic E-state index is -0.380. The summed E-state index contributed by atoms with van der Waals surface area (Å²) in [6.45, 7) is 3.52. The van der Waals surface area contributed by atoms with Gasteiger partial charge < -0.3 is 15.0 Å². The first-order chi connectivity index (χ1) is 13.7. The quantitative estimate of drug-likeness (QED) is 0.775. The van der Waals surface area contributed by atoms with E-state index >= 15 is 0 Å². The number of amides is 1. The molecule has 2 aliphatic rings. The zero-order valence-electron chi connectivity index (χ0n) is 15.9. The molecule has 28 heavy (non-hydrogen) atoms. The number of carbonyl (C=O) groups excluding carboxylic acids is 1. The highest BCUT2D eigenvalue weighted by molar-refractivity contribution is 5.76. The van der Waals surface area contributed by atoms with Crippen LogP contribution in [-0.2, 0) is 17.8 Å². The minimum Gasteiger partial charge on any atom is -0.491 e. The average Bonchev–Trinajstić information content (AvgIpc) is 3.26. The molecule has 0 aliphatic carbocycles. The number of rotatable bonds is 6. The van der Waals surface area contributed by atoms with Crippen molar-refractivity contribution in [1.82, 2.24) is 20.2 Å². The molecule has 1 N–H and O–H groups in total. The van der Waals surface area contributed by atoms with Gasteiger partial charge in [-0.25, -0.2) is 14.4 Å². The normalized spacial score (nSPS) is 18.8. The van der Waals surface area contributed by atoms with E-state index in [0.717, 1.165) is 43.0 Å². The molecule has 3 heterocycles. The summed E-state index contributed by atoms with van der Waals surface area (Å²) in [6.07, 6.45) is 4.68. The molecule has 1 atom stereocenters. The van der Waals surface area contributed by atoms with Crippen molar-refractivity contribution in [3.63, 3.8) is 0 Å². The zero-order valence-corrected chi connectivity index (χ0v) is 15.9. The van der Waals surface area contributed by atoms with Gasteiger partial charge in [0.2, 0.25) is 5.91 Å². The van der Waals surface area contributed by atoms with E-state index in [1.165, 1.54) is 6.07 Å². The number of fused-ring (bicyclic) bond motifs is 1. The number of carbonyl (C=O) groups is 1. The third kappa shape index (κ3) is 4.30. The van der Waals surface area contributed by atoms with Gasteiger partial charge in [0.15, 0.2) is 11.6 Å². The second-order valence-corrected chi connectivity index (χ2v) is 7.34. The maximum Gasteiger partial charge on any atom is 0.223 e. The summed E-state index contributed by atoms with van der Waals surface area (Å²) in [5.74, 6) is 1.27. The average molecular weight is 384 g/mol. The summed E-state index contributed by atoms with van der Waals surface area (Å²) in [4.78, 5) is 23.7. The van der Waals surface area contributed by atoms with Gasteiger partial charge in [-0.1, -0.05) is 12.1 Å². The standard InChI is InChI=1S/C21H25FN4O2/c22-17-4-1-2-5-19(17)28-11-3-6-20(27)26-10-8-18-16(14-26)13-24-21(25-18)15-7-9-23-12-15/h1-2,4-5,13,15,23H,3,6-12,14H2/t15-/m1/s1. The Labute approximate surface area is 164 Å². The minimum absolute atomic E-state index is 0.0897. The molecule has 1 saturated heterocycles. The maximum absolute atomic E-state index is 13.5. The first-order valence-corrected chi connectivity index (χ1v) is 9.91. The molecule has 6 nitrogen and oxygen atoms in total. The zero-order chi connectivity index (χ0) is 19.3. The van der Waals surface area contributed by atoms with Crippen molar-refractivity contribution in [2.24, 2.45) is 0 Å². The second kappa shape index (κ2) is 8.65. The number of aromatic nitrogens is 2. The molecule has 0 unspecified atom stereocenters. The number of para-hydroxylation sites is 1. The molecule has 2 aromatic rings. The molecule has 1 aromatic heterocycles. The monoisotopic (exact) mass is 384 g/mol. The molecule has 0 saturated carbocycles. The van der Waals surface area contributed by atoms with Crippen molar-refractivity contribution in [3.05, 3.63) is 53.4 Å². The first-order valence-electron chi connectivity index (χ1n) is 9.91. The van der Waals surface area contributed by atoms with Crippen molar-refractivity contribution >= 4 is 5.91 Å². The van der Waals surface area contributed by atoms with Crippen molar-refractivity contribution in [1.29, 1.82) is 0 Å². The van der Waals surface area contributed by atoms with Crippen molar-refractivity contribution in [2.45, 2.75) is 38.1 Å². The third-order valence-corrected chi connectivity index (χ3v) is 5.36. The number of hydrogen-bond donors (Lipinski definition) is 1. The summed E-state index contributed by atoms with van der Waals surface area (Å²) in [7, 11) is 0. The van der Waals surface area contributed by atoms with E-state index in [4.69, 9.17) is 9.72 Å². The van der Waals surface area contributed by atoms with Gasteiger partial charge in [-0.15, -0.1) is 0 Å². The molecule has 4 rings (SSSR count). The lowest BCUT2D eigenvalue weighted by atomic mass is 10.0. The Balaban J connectivity index is 1.26. The highest BCUT2D eigenvalue weighted by Crippen LogP contribution is 2.23. The fraction of sp³-hybridized carbons (Fsp3) is 0.476. The molecule has 0 radical (unpaired) electrons. The van der Waals surface area contributed by atoms with Crippen LogP contribution in [0.5, 0.6) is 5.75 Å². The SMILES string of the molecule is O=C(CCCOc1ccccc1F)N1CCc2nc([C@@H]3CCNC3)ncc2C1. The Morgan fingerprint density at radius 1 is 1.36 bits per heavy atom. The van der Waals surface area contributed by atoms with Crippen molar-refractivity contribution in [3.8, 4) is 5.75 Å². The van der Waals surface area contributed by atoms with Gasteiger partial charge in [-0.3, -0.25) is 4.79 Å². The molecule has 0 spiro atoms. The summed E-state index contributed by atoms with van der Waals surface area (Å²) < 4.78 is 18.9. The molecule has 1 amide bonds. The van der Waals surface area contributed by atoms with E-state index in [1.54, 1.807) is 18.2 Å². The lowest BCUT2D eigenvalue weighted by Gasteiger charge is -2.28. The molecular formula is C21H25FN4O2. The number of nitrogens with zero attached hydrogens (tertiary/aromatic N) is 3. The smallest absolute Gasteiger partial charge is 0.223 e. The fourth-order valence-corrected chi connectivity index (χ4v) is 3.74. The highest BCUT2D eigenvalue weighted by atomic mass is 19.1. The molecule has 0 bridgehead atoms. The Morgan fingerprint density at radius 2 is 2.25 bits per heavy atom. The summed E-state index contributed by atoms with van der Waals surface area (Å²) >= 11 is 0. The highest BCUT2D eigenvalue weighted by Gasteiger charge is 2.25. The van der Waals surface area contributed by atoms with Crippen LogP contribution in [0.2, 0.25) is 0 Å². The van der Waals surface area contributed by atoms with Crippen LogP contribution in [0.25, 0.3) is 0 Å². The largest absolute Gasteiger partial charge is 0.491 e. The second-order valence-electron chi connectivity index (χ2n) is 7.34. The van der Waals surface area contributed by atoms with Gasteiger partial charge in [0, 0.05) is 50.2 Å². The van der Waals surface area contributed by atoms with Crippen LogP contribution in [-0.4, -0.2) is 47.0 Å². The lowest BCUT2D eigenvalue weighted by Crippen LogP contribution is -2.36. The Kier molecular flexibility index (Phi) is 5.81. The number of halogens is 1. The maximum atomic E-state index is 13.5. The van der Waals surface area contributed by atoms with Crippen LogP contribution in [0.4, 0.5) is 4.39 Å². The van der Waals surface area contributed by atoms with Gasteiger partial charge in [-0.2, -0.15) is 0 Å². The molecular weight excluding hydrogens is 359 g/mol. The van der Waals surface area contributed by atoms with Crippen molar-refractivity contribution < 1.29 is 13.9 Å². The van der Waals surface area contributed by atoms with Crippen LogP contribution >= 0.6 is 0 Å². The van der Waals surface area contributed by atoms with Gasteiger partial charge in [0.1, 0.15) is 5.82 Å². The lowest BCUT2D eigenvalue weighted by molar-refractivity contribution is -0.132. The van der Waals surface area contributed by atoms with Crippen molar-refractivity contribution in [2.75, 3.05) is 26.2 Å². The van der Waals surface area contributed by atoms with Gasteiger partial charge in [0.25, 0.3) is 0 Å². The van der Waals surface area contributed by atoms with Gasteiger partial charge >= 0.3 is 0 Å². The number of nitrogens with one attached hydrogen (secondary N) is 1. The Morgan fingerprint density at radius 3 is 3.07 bits per heavy atom. The molecule has 148 valence electrons. The topological polar surface area (TPSA) is 67.3 Å². The first kappa shape index (κ1) is 18.8. The van der Waals surface area contributed by atoms with Gasteiger partial charge in [-0.05, 0) is 31.5 Å². The number of ether oxygens (including phenoxy) is 1. The van der Waals surface area contributed by atoms with Crippen LogP contribution in [0.1, 0.15) is 42.3 Å². The van der Waals surface area contributed by atoms with Crippen LogP contribution in [0.15, 0.2) is 30.5 Å². The van der Waals surface area contributed by atoms with E-state index in [2.05, 4.69) is 10.3 Å². The predicted octanol–water partition coefficient (Wildman–Crippen LogP) is 2.44. The summed E-state index contributed by atoms with van der Waals surface area (Å²) in [5, 5.41) is 3.35. The van der Waals surface area contributed by atoms with Crippen LogP contribution in [0, 0.1) is 5.82 Å². The fourth-order valence-electron chi connectivity index (χ4n) is 3.74. The molecule has 2 aliphatic heterocycles. The van der Waals surface area contributed by atoms with Gasteiger partial charge in [0.05, 0.1) is 12.3 Å². The van der Waals surface area contributed by atoms with E-state index in [0.29, 0.717) is 38.5 Å². The van der Waals surface area contributed by atoms with Crippen LogP contribution < -0.4 is 10.1 Å². The van der Waals surface area contributed by atoms with E-state index in [1.807, 2.05) is 11.1 Å². The number of benzene rings is 1. The Bertz CT molecular complexity index is 839. The molecule has 7 heteroatoms. The van der Waals surface area contributed by atoms with E-state index in [9.17, 15) is 9.18 Å². The summed E-state index contributed by atoms with van der Waals surface area (Å²) in [6, 6.07) is 6.31.